The van der Waals surface area contributed by atoms with Gasteiger partial charge in [0.15, 0.2) is 0 Å². The summed E-state index contributed by atoms with van der Waals surface area (Å²) >= 11 is 1.59. The van der Waals surface area contributed by atoms with E-state index in [1.165, 1.54) is 0 Å². The van der Waals surface area contributed by atoms with E-state index in [0.29, 0.717) is 0 Å². The summed E-state index contributed by atoms with van der Waals surface area (Å²) in [6.07, 6.45) is -0.558. The number of ether oxygens (including phenoxy) is 1. The molecule has 1 unspecified atom stereocenters. The predicted octanol–water partition coefficient (Wildman–Crippen LogP) is 3.99. The van der Waals surface area contributed by atoms with Crippen molar-refractivity contribution < 1.29 is 9.84 Å². The Bertz CT molecular complexity index is 689. The summed E-state index contributed by atoms with van der Waals surface area (Å²) in [5.41, 5.74) is 1.86. The zero-order valence-electron chi connectivity index (χ0n) is 10.5. The van der Waals surface area contributed by atoms with Crippen molar-refractivity contribution >= 4 is 22.1 Å². The van der Waals surface area contributed by atoms with Crippen LogP contribution in [0.5, 0.6) is 5.75 Å². The van der Waals surface area contributed by atoms with Crippen LogP contribution in [-0.2, 0) is 0 Å². The van der Waals surface area contributed by atoms with Gasteiger partial charge in [0, 0.05) is 0 Å². The summed E-state index contributed by atoms with van der Waals surface area (Å²) in [6.45, 7) is 0. The van der Waals surface area contributed by atoms with E-state index in [-0.39, 0.29) is 0 Å². The van der Waals surface area contributed by atoms with Crippen molar-refractivity contribution in [3.05, 3.63) is 64.4 Å². The Labute approximate surface area is 115 Å². The van der Waals surface area contributed by atoms with E-state index in [0.717, 1.165) is 27.6 Å². The highest BCUT2D eigenvalue weighted by molar-refractivity contribution is 7.07. The van der Waals surface area contributed by atoms with Crippen molar-refractivity contribution in [3.8, 4) is 5.75 Å². The van der Waals surface area contributed by atoms with Crippen molar-refractivity contribution in [3.63, 3.8) is 0 Å². The van der Waals surface area contributed by atoms with Crippen molar-refractivity contribution in [1.82, 2.24) is 0 Å². The van der Waals surface area contributed by atoms with E-state index in [9.17, 15) is 5.11 Å². The van der Waals surface area contributed by atoms with Gasteiger partial charge in [0.05, 0.1) is 7.11 Å². The maximum atomic E-state index is 10.3. The van der Waals surface area contributed by atoms with Crippen LogP contribution >= 0.6 is 11.3 Å². The molecule has 19 heavy (non-hydrogen) atoms. The highest BCUT2D eigenvalue weighted by Crippen LogP contribution is 2.28. The van der Waals surface area contributed by atoms with Crippen molar-refractivity contribution in [1.29, 1.82) is 0 Å². The second-order valence-corrected chi connectivity index (χ2v) is 5.21. The molecule has 2 aromatic carbocycles. The van der Waals surface area contributed by atoms with Gasteiger partial charge in [0.25, 0.3) is 0 Å². The van der Waals surface area contributed by atoms with Crippen molar-refractivity contribution in [2.24, 2.45) is 0 Å². The van der Waals surface area contributed by atoms with Crippen LogP contribution in [0.1, 0.15) is 17.2 Å². The third-order valence-electron chi connectivity index (χ3n) is 3.25. The Morgan fingerprint density at radius 2 is 1.79 bits per heavy atom. The highest BCUT2D eigenvalue weighted by Gasteiger charge is 2.11. The molecule has 0 radical (unpaired) electrons. The summed E-state index contributed by atoms with van der Waals surface area (Å²) in [7, 11) is 1.66. The van der Waals surface area contributed by atoms with E-state index in [2.05, 4.69) is 0 Å². The van der Waals surface area contributed by atoms with Gasteiger partial charge in [-0.1, -0.05) is 18.2 Å². The molecule has 0 saturated heterocycles. The molecule has 96 valence electrons. The number of aliphatic hydroxyl groups is 1. The zero-order valence-corrected chi connectivity index (χ0v) is 11.4. The third-order valence-corrected chi connectivity index (χ3v) is 3.95. The Kier molecular flexibility index (Phi) is 3.23. The van der Waals surface area contributed by atoms with Crippen LogP contribution in [-0.4, -0.2) is 12.2 Å². The second-order valence-electron chi connectivity index (χ2n) is 4.43. The molecule has 2 nitrogen and oxygen atoms in total. The smallest absolute Gasteiger partial charge is 0.119 e. The van der Waals surface area contributed by atoms with Crippen LogP contribution in [0.3, 0.4) is 0 Å². The molecular weight excluding hydrogens is 256 g/mol. The first-order valence-corrected chi connectivity index (χ1v) is 7.00. The molecule has 1 N–H and O–H groups in total. The quantitative estimate of drug-likeness (QED) is 0.779. The van der Waals surface area contributed by atoms with Gasteiger partial charge in [0.2, 0.25) is 0 Å². The molecule has 0 fully saturated rings. The van der Waals surface area contributed by atoms with Gasteiger partial charge in [-0.25, -0.2) is 0 Å². The summed E-state index contributed by atoms with van der Waals surface area (Å²) in [6, 6.07) is 13.9. The lowest BCUT2D eigenvalue weighted by atomic mass is 10.0. The van der Waals surface area contributed by atoms with E-state index < -0.39 is 6.10 Å². The predicted molar refractivity (Wildman–Crippen MR) is 78.9 cm³/mol. The van der Waals surface area contributed by atoms with Gasteiger partial charge in [-0.05, 0) is 56.9 Å². The van der Waals surface area contributed by atoms with Gasteiger partial charge in [-0.3, -0.25) is 0 Å². The van der Waals surface area contributed by atoms with Crippen LogP contribution in [0.25, 0.3) is 10.8 Å². The molecule has 3 aromatic rings. The SMILES string of the molecule is COc1ccc2cc(C(O)c3ccsc3)ccc2c1. The number of rotatable bonds is 3. The first kappa shape index (κ1) is 12.2. The molecule has 1 atom stereocenters. The van der Waals surface area contributed by atoms with Gasteiger partial charge >= 0.3 is 0 Å². The number of hydrogen-bond acceptors (Lipinski definition) is 3. The molecule has 0 aliphatic carbocycles. The van der Waals surface area contributed by atoms with Crippen molar-refractivity contribution in [2.75, 3.05) is 7.11 Å². The largest absolute Gasteiger partial charge is 0.497 e. The molecule has 1 heterocycles. The van der Waals surface area contributed by atoms with E-state index in [4.69, 9.17) is 4.74 Å². The zero-order chi connectivity index (χ0) is 13.2. The summed E-state index contributed by atoms with van der Waals surface area (Å²) < 4.78 is 5.21. The van der Waals surface area contributed by atoms with Gasteiger partial charge in [-0.2, -0.15) is 11.3 Å². The minimum absolute atomic E-state index is 0.558. The van der Waals surface area contributed by atoms with Crippen LogP contribution in [0.15, 0.2) is 53.2 Å². The van der Waals surface area contributed by atoms with Crippen molar-refractivity contribution in [2.45, 2.75) is 6.10 Å². The third kappa shape index (κ3) is 2.35. The lowest BCUT2D eigenvalue weighted by Gasteiger charge is -2.11. The van der Waals surface area contributed by atoms with Gasteiger partial charge in [0.1, 0.15) is 11.9 Å². The molecular formula is C16H14O2S. The molecule has 0 bridgehead atoms. The average Bonchev–Trinajstić information content (AvgIpc) is 2.99. The molecule has 0 amide bonds. The second kappa shape index (κ2) is 5.03. The highest BCUT2D eigenvalue weighted by atomic mass is 32.1. The Morgan fingerprint density at radius 3 is 2.53 bits per heavy atom. The minimum atomic E-state index is -0.558. The fraction of sp³-hybridized carbons (Fsp3) is 0.125. The van der Waals surface area contributed by atoms with Crippen LogP contribution in [0.4, 0.5) is 0 Å². The Balaban J connectivity index is 2.02. The number of methoxy groups -OCH3 is 1. The van der Waals surface area contributed by atoms with E-state index in [1.54, 1.807) is 18.4 Å². The molecule has 1 aromatic heterocycles. The molecule has 3 heteroatoms. The fourth-order valence-corrected chi connectivity index (χ4v) is 2.84. The molecule has 3 rings (SSSR count). The monoisotopic (exact) mass is 270 g/mol. The number of fused-ring (bicyclic) bond motifs is 1. The Morgan fingerprint density at radius 1 is 1.00 bits per heavy atom. The summed E-state index contributed by atoms with van der Waals surface area (Å²) in [5.74, 6) is 0.846. The molecule has 0 spiro atoms. The molecule has 0 aliphatic heterocycles. The Hall–Kier alpha value is -1.84. The number of hydrogen-bond donors (Lipinski definition) is 1. The standard InChI is InChI=1S/C16H14O2S/c1-18-15-5-4-11-8-13(3-2-12(11)9-15)16(17)14-6-7-19-10-14/h2-10,16-17H,1H3. The first-order chi connectivity index (χ1) is 9.28. The first-order valence-electron chi connectivity index (χ1n) is 6.06. The fourth-order valence-electron chi connectivity index (χ4n) is 2.16. The summed E-state index contributed by atoms with van der Waals surface area (Å²) in [5, 5.41) is 16.5. The van der Waals surface area contributed by atoms with Crippen LogP contribution in [0, 0.1) is 0 Å². The van der Waals surface area contributed by atoms with Gasteiger partial charge < -0.3 is 9.84 Å². The van der Waals surface area contributed by atoms with E-state index >= 15 is 0 Å². The topological polar surface area (TPSA) is 29.5 Å². The number of aliphatic hydroxyl groups excluding tert-OH is 1. The summed E-state index contributed by atoms with van der Waals surface area (Å²) in [4.78, 5) is 0. The number of benzene rings is 2. The molecule has 0 aliphatic rings. The van der Waals surface area contributed by atoms with Crippen LogP contribution in [0.2, 0.25) is 0 Å². The minimum Gasteiger partial charge on any atom is -0.497 e. The van der Waals surface area contributed by atoms with Crippen LogP contribution < -0.4 is 4.74 Å². The molecule has 0 saturated carbocycles. The normalized spacial score (nSPS) is 12.5. The van der Waals surface area contributed by atoms with Gasteiger partial charge in [-0.15, -0.1) is 0 Å². The number of thiophene rings is 1. The maximum Gasteiger partial charge on any atom is 0.119 e. The average molecular weight is 270 g/mol. The maximum absolute atomic E-state index is 10.3. The lowest BCUT2D eigenvalue weighted by molar-refractivity contribution is 0.221. The lowest BCUT2D eigenvalue weighted by Crippen LogP contribution is -1.97. The van der Waals surface area contributed by atoms with E-state index in [1.807, 2.05) is 53.2 Å².